The molecular weight excluding hydrogens is 311 g/mol. The van der Waals surface area contributed by atoms with Gasteiger partial charge >= 0.3 is 0 Å². The van der Waals surface area contributed by atoms with Crippen LogP contribution in [0.15, 0.2) is 11.6 Å². The van der Waals surface area contributed by atoms with Gasteiger partial charge in [0.05, 0.1) is 18.8 Å². The van der Waals surface area contributed by atoms with Gasteiger partial charge in [-0.15, -0.1) is 36.2 Å². The number of nitrogens with one attached hydrogen (secondary N) is 1. The summed E-state index contributed by atoms with van der Waals surface area (Å²) in [5.41, 5.74) is -0.407. The van der Waals surface area contributed by atoms with E-state index in [0.717, 1.165) is 5.01 Å². The third-order valence-corrected chi connectivity index (χ3v) is 4.10. The van der Waals surface area contributed by atoms with E-state index in [-0.39, 0.29) is 31.4 Å². The quantitative estimate of drug-likeness (QED) is 0.634. The Labute approximate surface area is 128 Å². The number of aromatic nitrogens is 1. The maximum absolute atomic E-state index is 9.55. The summed E-state index contributed by atoms with van der Waals surface area (Å²) >= 11 is 1.58. The van der Waals surface area contributed by atoms with Gasteiger partial charge in [-0.2, -0.15) is 0 Å². The van der Waals surface area contributed by atoms with Crippen LogP contribution in [0.5, 0.6) is 0 Å². The third-order valence-electron chi connectivity index (χ3n) is 3.32. The predicted molar refractivity (Wildman–Crippen MR) is 79.1 cm³/mol. The predicted octanol–water partition coefficient (Wildman–Crippen LogP) is 0.571. The molecule has 2 rings (SSSR count). The summed E-state index contributed by atoms with van der Waals surface area (Å²) < 4.78 is 0. The van der Waals surface area contributed by atoms with E-state index in [1.54, 1.807) is 17.5 Å². The molecule has 0 aliphatic heterocycles. The Balaban J connectivity index is 0.00000162. The minimum atomic E-state index is -0.719. The molecule has 0 amide bonds. The van der Waals surface area contributed by atoms with Crippen LogP contribution in [-0.2, 0) is 6.54 Å². The van der Waals surface area contributed by atoms with Crippen LogP contribution in [0.1, 0.15) is 17.8 Å². The fourth-order valence-corrected chi connectivity index (χ4v) is 2.93. The van der Waals surface area contributed by atoms with Crippen LogP contribution >= 0.6 is 36.2 Å². The van der Waals surface area contributed by atoms with E-state index in [4.69, 9.17) is 0 Å². The number of halogens is 2. The van der Waals surface area contributed by atoms with Gasteiger partial charge in [-0.3, -0.25) is 0 Å². The van der Waals surface area contributed by atoms with Crippen molar-refractivity contribution in [3.05, 3.63) is 16.6 Å². The van der Waals surface area contributed by atoms with E-state index in [0.29, 0.717) is 25.9 Å². The number of hydrogen-bond acceptors (Lipinski definition) is 6. The average molecular weight is 331 g/mol. The molecular formula is C11H20Cl2N2O3S. The van der Waals surface area contributed by atoms with Gasteiger partial charge in [0, 0.05) is 30.1 Å². The second kappa shape index (κ2) is 8.36. The summed E-state index contributed by atoms with van der Waals surface area (Å²) in [6, 6.07) is 0. The van der Waals surface area contributed by atoms with Gasteiger partial charge in [-0.1, -0.05) is 0 Å². The van der Waals surface area contributed by atoms with Gasteiger partial charge in [-0.25, -0.2) is 4.98 Å². The molecule has 1 aromatic heterocycles. The lowest BCUT2D eigenvalue weighted by Crippen LogP contribution is -2.35. The molecule has 1 aliphatic rings. The average Bonchev–Trinajstić information content (AvgIpc) is 2.89. The van der Waals surface area contributed by atoms with Gasteiger partial charge < -0.3 is 20.6 Å². The SMILES string of the molecule is Cl.Cl.OCC1(CNCc2nccs2)C[C@@H](O)[C@@H](O)C1. The molecule has 0 radical (unpaired) electrons. The Morgan fingerprint density at radius 1 is 1.32 bits per heavy atom. The number of hydrogen-bond donors (Lipinski definition) is 4. The van der Waals surface area contributed by atoms with Crippen molar-refractivity contribution in [3.8, 4) is 0 Å². The van der Waals surface area contributed by atoms with Crippen LogP contribution in [0.2, 0.25) is 0 Å². The summed E-state index contributed by atoms with van der Waals surface area (Å²) in [4.78, 5) is 4.15. The smallest absolute Gasteiger partial charge is 0.106 e. The highest BCUT2D eigenvalue weighted by atomic mass is 35.5. The molecule has 19 heavy (non-hydrogen) atoms. The Bertz CT molecular complexity index is 344. The van der Waals surface area contributed by atoms with Crippen LogP contribution < -0.4 is 5.32 Å². The number of aliphatic hydroxyl groups excluding tert-OH is 3. The molecule has 3 atom stereocenters. The summed E-state index contributed by atoms with van der Waals surface area (Å²) in [7, 11) is 0. The molecule has 5 nitrogen and oxygen atoms in total. The van der Waals surface area contributed by atoms with Crippen LogP contribution in [0.25, 0.3) is 0 Å². The van der Waals surface area contributed by atoms with Crippen molar-refractivity contribution in [2.45, 2.75) is 31.6 Å². The van der Waals surface area contributed by atoms with Crippen molar-refractivity contribution in [3.63, 3.8) is 0 Å². The van der Waals surface area contributed by atoms with Crippen LogP contribution in [0.3, 0.4) is 0 Å². The van der Waals surface area contributed by atoms with Crippen molar-refractivity contribution in [2.75, 3.05) is 13.2 Å². The third kappa shape index (κ3) is 4.82. The highest BCUT2D eigenvalue weighted by molar-refractivity contribution is 7.09. The Morgan fingerprint density at radius 3 is 2.42 bits per heavy atom. The van der Waals surface area contributed by atoms with Gasteiger partial charge in [0.2, 0.25) is 0 Å². The van der Waals surface area contributed by atoms with E-state index < -0.39 is 17.6 Å². The maximum Gasteiger partial charge on any atom is 0.106 e. The van der Waals surface area contributed by atoms with Crippen molar-refractivity contribution < 1.29 is 15.3 Å². The van der Waals surface area contributed by atoms with Gasteiger partial charge in [0.25, 0.3) is 0 Å². The molecule has 0 aromatic carbocycles. The van der Waals surface area contributed by atoms with Gasteiger partial charge in [-0.05, 0) is 12.8 Å². The normalized spacial score (nSPS) is 29.6. The van der Waals surface area contributed by atoms with Crippen molar-refractivity contribution in [1.82, 2.24) is 10.3 Å². The Kier molecular flexibility index (Phi) is 8.38. The van der Waals surface area contributed by atoms with Crippen LogP contribution in [0, 0.1) is 5.41 Å². The first kappa shape index (κ1) is 19.1. The molecule has 0 bridgehead atoms. The first-order chi connectivity index (χ1) is 8.15. The first-order valence-corrected chi connectivity index (χ1v) is 6.59. The van der Waals surface area contributed by atoms with E-state index in [9.17, 15) is 15.3 Å². The molecule has 1 aliphatic carbocycles. The zero-order valence-corrected chi connectivity index (χ0v) is 12.8. The molecule has 1 fully saturated rings. The molecule has 4 N–H and O–H groups in total. The van der Waals surface area contributed by atoms with E-state index in [2.05, 4.69) is 10.3 Å². The number of nitrogens with zero attached hydrogens (tertiary/aromatic N) is 1. The minimum absolute atomic E-state index is 0. The molecule has 0 saturated heterocycles. The molecule has 1 unspecified atom stereocenters. The minimum Gasteiger partial charge on any atom is -0.396 e. The monoisotopic (exact) mass is 330 g/mol. The van der Waals surface area contributed by atoms with Crippen molar-refractivity contribution in [1.29, 1.82) is 0 Å². The number of thiazole rings is 1. The molecule has 1 saturated carbocycles. The van der Waals surface area contributed by atoms with Gasteiger partial charge in [0.1, 0.15) is 5.01 Å². The summed E-state index contributed by atoms with van der Waals surface area (Å²) in [5, 5.41) is 34.7. The second-order valence-electron chi connectivity index (χ2n) is 4.73. The van der Waals surface area contributed by atoms with E-state index in [1.165, 1.54) is 0 Å². The Hall–Kier alpha value is 0.0500. The molecule has 8 heteroatoms. The molecule has 1 aromatic rings. The fraction of sp³-hybridized carbons (Fsp3) is 0.727. The Morgan fingerprint density at radius 2 is 1.95 bits per heavy atom. The highest BCUT2D eigenvalue weighted by Crippen LogP contribution is 2.37. The zero-order chi connectivity index (χ0) is 12.3. The number of rotatable bonds is 5. The summed E-state index contributed by atoms with van der Waals surface area (Å²) in [5.74, 6) is 0. The van der Waals surface area contributed by atoms with Crippen molar-refractivity contribution in [2.24, 2.45) is 5.41 Å². The van der Waals surface area contributed by atoms with Crippen LogP contribution in [-0.4, -0.2) is 45.7 Å². The van der Waals surface area contributed by atoms with Crippen molar-refractivity contribution >= 4 is 36.2 Å². The topological polar surface area (TPSA) is 85.6 Å². The lowest BCUT2D eigenvalue weighted by Gasteiger charge is -2.26. The standard InChI is InChI=1S/C11H18N2O3S.2ClH/c14-7-11(3-8(15)9(16)4-11)6-12-5-10-13-1-2-17-10;;/h1-2,8-9,12,14-16H,3-7H2;2*1H/t8-,9+,11?;;. The molecule has 1 heterocycles. The molecule has 0 spiro atoms. The lowest BCUT2D eigenvalue weighted by atomic mass is 9.87. The fourth-order valence-electron chi connectivity index (χ4n) is 2.35. The zero-order valence-electron chi connectivity index (χ0n) is 10.4. The molecule has 112 valence electrons. The van der Waals surface area contributed by atoms with E-state index >= 15 is 0 Å². The van der Waals surface area contributed by atoms with Crippen LogP contribution in [0.4, 0.5) is 0 Å². The largest absolute Gasteiger partial charge is 0.396 e. The second-order valence-corrected chi connectivity index (χ2v) is 5.71. The number of aliphatic hydroxyl groups is 3. The van der Waals surface area contributed by atoms with E-state index in [1.807, 2.05) is 5.38 Å². The lowest BCUT2D eigenvalue weighted by molar-refractivity contribution is 0.0438. The maximum atomic E-state index is 9.55. The van der Waals surface area contributed by atoms with Gasteiger partial charge in [0.15, 0.2) is 0 Å². The highest BCUT2D eigenvalue weighted by Gasteiger charge is 2.43. The first-order valence-electron chi connectivity index (χ1n) is 5.71. The summed E-state index contributed by atoms with van der Waals surface area (Å²) in [6.45, 7) is 1.22. The summed E-state index contributed by atoms with van der Waals surface area (Å²) in [6.07, 6.45) is 1.20.